The van der Waals surface area contributed by atoms with E-state index in [2.05, 4.69) is 18.2 Å². The number of amides is 1. The number of benzene rings is 1. The van der Waals surface area contributed by atoms with Crippen molar-refractivity contribution in [3.63, 3.8) is 0 Å². The van der Waals surface area contributed by atoms with Gasteiger partial charge in [0.05, 0.1) is 6.10 Å². The summed E-state index contributed by atoms with van der Waals surface area (Å²) in [5, 5.41) is 0. The molecule has 2 N–H and O–H groups in total. The number of nitrogens with two attached hydrogens (primary N) is 1. The highest BCUT2D eigenvalue weighted by molar-refractivity contribution is 5.82. The lowest BCUT2D eigenvalue weighted by Crippen LogP contribution is -2.41. The van der Waals surface area contributed by atoms with Crippen molar-refractivity contribution in [3.05, 3.63) is 42.0 Å². The van der Waals surface area contributed by atoms with Crippen LogP contribution in [0.25, 0.3) is 5.57 Å². The molecule has 1 saturated heterocycles. The molecule has 1 aromatic carbocycles. The molecule has 2 unspecified atom stereocenters. The first-order valence-corrected chi connectivity index (χ1v) is 7.66. The van der Waals surface area contributed by atoms with Crippen LogP contribution in [0.4, 0.5) is 0 Å². The summed E-state index contributed by atoms with van der Waals surface area (Å²) >= 11 is 0. The summed E-state index contributed by atoms with van der Waals surface area (Å²) in [5.74, 6) is 0.120. The maximum atomic E-state index is 12.4. The molecule has 0 aliphatic carbocycles. The molecule has 2 heterocycles. The second-order valence-electron chi connectivity index (χ2n) is 5.69. The van der Waals surface area contributed by atoms with Crippen LogP contribution in [0.1, 0.15) is 24.8 Å². The largest absolute Gasteiger partial charge is 0.364 e. The molecular weight excluding hydrogens is 264 g/mol. The average molecular weight is 286 g/mol. The first-order chi connectivity index (χ1) is 10.3. The van der Waals surface area contributed by atoms with E-state index >= 15 is 0 Å². The molecule has 4 heteroatoms. The number of carbonyl (C=O) groups excluding carboxylic acids is 1. The van der Waals surface area contributed by atoms with Crippen molar-refractivity contribution in [3.8, 4) is 0 Å². The summed E-state index contributed by atoms with van der Waals surface area (Å²) in [6.07, 6.45) is 4.53. The zero-order valence-corrected chi connectivity index (χ0v) is 12.2. The first-order valence-electron chi connectivity index (χ1n) is 7.66. The Bertz CT molecular complexity index is 527. The molecule has 0 aromatic heterocycles. The second kappa shape index (κ2) is 6.41. The van der Waals surface area contributed by atoms with E-state index in [1.165, 1.54) is 11.1 Å². The normalized spacial score (nSPS) is 25.8. The fraction of sp³-hybridized carbons (Fsp3) is 0.471. The summed E-state index contributed by atoms with van der Waals surface area (Å²) < 4.78 is 5.70. The highest BCUT2D eigenvalue weighted by Crippen LogP contribution is 2.25. The molecule has 2 aliphatic heterocycles. The van der Waals surface area contributed by atoms with Crippen molar-refractivity contribution in [2.24, 2.45) is 5.73 Å². The van der Waals surface area contributed by atoms with Crippen LogP contribution in [-0.2, 0) is 9.53 Å². The van der Waals surface area contributed by atoms with E-state index in [9.17, 15) is 4.79 Å². The SMILES string of the molecule is NCC1CCC(C(=O)N2CC=C(c3ccccc3)CC2)O1. The Morgan fingerprint density at radius 3 is 2.71 bits per heavy atom. The van der Waals surface area contributed by atoms with Crippen LogP contribution in [0.3, 0.4) is 0 Å². The molecule has 4 nitrogen and oxygen atoms in total. The Morgan fingerprint density at radius 2 is 2.10 bits per heavy atom. The van der Waals surface area contributed by atoms with Crippen LogP contribution in [0.15, 0.2) is 36.4 Å². The number of hydrogen-bond acceptors (Lipinski definition) is 3. The molecule has 2 aliphatic rings. The zero-order valence-electron chi connectivity index (χ0n) is 12.2. The topological polar surface area (TPSA) is 55.6 Å². The summed E-state index contributed by atoms with van der Waals surface area (Å²) in [7, 11) is 0. The van der Waals surface area contributed by atoms with E-state index < -0.39 is 0 Å². The smallest absolute Gasteiger partial charge is 0.252 e. The molecule has 1 amide bonds. The number of ether oxygens (including phenoxy) is 1. The molecule has 0 saturated carbocycles. The van der Waals surface area contributed by atoms with Crippen LogP contribution in [-0.4, -0.2) is 42.6 Å². The standard InChI is InChI=1S/C17H22N2O2/c18-12-15-6-7-16(21-15)17(20)19-10-8-14(9-11-19)13-4-2-1-3-5-13/h1-5,8,15-16H,6-7,9-12,18H2. The van der Waals surface area contributed by atoms with Crippen molar-refractivity contribution in [2.45, 2.75) is 31.5 Å². The van der Waals surface area contributed by atoms with E-state index in [1.54, 1.807) is 0 Å². The molecule has 0 radical (unpaired) electrons. The fourth-order valence-corrected chi connectivity index (χ4v) is 3.05. The second-order valence-corrected chi connectivity index (χ2v) is 5.69. The molecule has 2 atom stereocenters. The van der Waals surface area contributed by atoms with Gasteiger partial charge in [-0.25, -0.2) is 0 Å². The average Bonchev–Trinajstić information content (AvgIpc) is 3.04. The molecule has 0 bridgehead atoms. The molecule has 1 fully saturated rings. The van der Waals surface area contributed by atoms with E-state index in [0.717, 1.165) is 25.8 Å². The fourth-order valence-electron chi connectivity index (χ4n) is 3.05. The van der Waals surface area contributed by atoms with Gasteiger partial charge in [0.1, 0.15) is 6.10 Å². The third kappa shape index (κ3) is 3.17. The Labute approximate surface area is 125 Å². The van der Waals surface area contributed by atoms with Gasteiger partial charge in [0.2, 0.25) is 0 Å². The lowest BCUT2D eigenvalue weighted by molar-refractivity contribution is -0.142. The van der Waals surface area contributed by atoms with Gasteiger partial charge in [-0.1, -0.05) is 36.4 Å². The van der Waals surface area contributed by atoms with E-state index in [-0.39, 0.29) is 18.1 Å². The van der Waals surface area contributed by atoms with Crippen molar-refractivity contribution in [2.75, 3.05) is 19.6 Å². The van der Waals surface area contributed by atoms with Crippen LogP contribution in [0.2, 0.25) is 0 Å². The van der Waals surface area contributed by atoms with Crippen LogP contribution >= 0.6 is 0 Å². The van der Waals surface area contributed by atoms with E-state index in [0.29, 0.717) is 13.1 Å². The maximum absolute atomic E-state index is 12.4. The number of rotatable bonds is 3. The monoisotopic (exact) mass is 286 g/mol. The number of nitrogens with zero attached hydrogens (tertiary/aromatic N) is 1. The van der Waals surface area contributed by atoms with Gasteiger partial charge in [0.15, 0.2) is 0 Å². The van der Waals surface area contributed by atoms with Crippen molar-refractivity contribution < 1.29 is 9.53 Å². The highest BCUT2D eigenvalue weighted by atomic mass is 16.5. The highest BCUT2D eigenvalue weighted by Gasteiger charge is 2.33. The van der Waals surface area contributed by atoms with Gasteiger partial charge in [0, 0.05) is 19.6 Å². The third-order valence-corrected chi connectivity index (χ3v) is 4.31. The van der Waals surface area contributed by atoms with E-state index in [1.807, 2.05) is 23.1 Å². The molecule has 21 heavy (non-hydrogen) atoms. The lowest BCUT2D eigenvalue weighted by Gasteiger charge is -2.29. The van der Waals surface area contributed by atoms with Gasteiger partial charge in [-0.3, -0.25) is 4.79 Å². The molecule has 3 rings (SSSR count). The maximum Gasteiger partial charge on any atom is 0.252 e. The molecule has 112 valence electrons. The Hall–Kier alpha value is -1.65. The minimum Gasteiger partial charge on any atom is -0.364 e. The predicted octanol–water partition coefficient (Wildman–Crippen LogP) is 1.81. The van der Waals surface area contributed by atoms with Crippen LogP contribution < -0.4 is 5.73 Å². The summed E-state index contributed by atoms with van der Waals surface area (Å²) in [6.45, 7) is 1.95. The van der Waals surface area contributed by atoms with Gasteiger partial charge in [-0.2, -0.15) is 0 Å². The minimum atomic E-state index is -0.287. The van der Waals surface area contributed by atoms with Gasteiger partial charge in [0.25, 0.3) is 5.91 Å². The van der Waals surface area contributed by atoms with Gasteiger partial charge in [-0.15, -0.1) is 0 Å². The molecular formula is C17H22N2O2. The Kier molecular flexibility index (Phi) is 4.36. The van der Waals surface area contributed by atoms with Crippen molar-refractivity contribution in [1.82, 2.24) is 4.90 Å². The van der Waals surface area contributed by atoms with E-state index in [4.69, 9.17) is 10.5 Å². The summed E-state index contributed by atoms with van der Waals surface area (Å²) in [4.78, 5) is 14.3. The predicted molar refractivity (Wildman–Crippen MR) is 82.6 cm³/mol. The zero-order chi connectivity index (χ0) is 14.7. The quantitative estimate of drug-likeness (QED) is 0.922. The van der Waals surface area contributed by atoms with Crippen LogP contribution in [0, 0.1) is 0 Å². The number of carbonyl (C=O) groups is 1. The molecule has 1 aromatic rings. The lowest BCUT2D eigenvalue weighted by atomic mass is 9.99. The van der Waals surface area contributed by atoms with Crippen molar-refractivity contribution >= 4 is 11.5 Å². The first kappa shape index (κ1) is 14.3. The summed E-state index contributed by atoms with van der Waals surface area (Å²) in [6, 6.07) is 10.4. The van der Waals surface area contributed by atoms with Gasteiger partial charge >= 0.3 is 0 Å². The third-order valence-electron chi connectivity index (χ3n) is 4.31. The van der Waals surface area contributed by atoms with Crippen molar-refractivity contribution in [1.29, 1.82) is 0 Å². The Balaban J connectivity index is 1.60. The minimum absolute atomic E-state index is 0.0548. The van der Waals surface area contributed by atoms with Gasteiger partial charge < -0.3 is 15.4 Å². The van der Waals surface area contributed by atoms with Crippen LogP contribution in [0.5, 0.6) is 0 Å². The summed E-state index contributed by atoms with van der Waals surface area (Å²) in [5.41, 5.74) is 8.18. The number of hydrogen-bond donors (Lipinski definition) is 1. The van der Waals surface area contributed by atoms with Gasteiger partial charge in [-0.05, 0) is 30.4 Å². The Morgan fingerprint density at radius 1 is 1.29 bits per heavy atom. The molecule has 0 spiro atoms.